The molecule has 1 aromatic carbocycles. The third-order valence-corrected chi connectivity index (χ3v) is 4.60. The van der Waals surface area contributed by atoms with E-state index in [0.29, 0.717) is 16.7 Å². The van der Waals surface area contributed by atoms with Crippen LogP contribution in [-0.2, 0) is 4.74 Å². The number of aromatic nitrogens is 4. The van der Waals surface area contributed by atoms with E-state index < -0.39 is 31.1 Å². The van der Waals surface area contributed by atoms with Crippen LogP contribution in [0.25, 0.3) is 22.3 Å². The van der Waals surface area contributed by atoms with Gasteiger partial charge >= 0.3 is 0 Å². The van der Waals surface area contributed by atoms with Crippen LogP contribution in [-0.4, -0.2) is 60.0 Å². The van der Waals surface area contributed by atoms with E-state index in [9.17, 15) is 15.3 Å². The van der Waals surface area contributed by atoms with Crippen LogP contribution in [0.15, 0.2) is 30.6 Å². The van der Waals surface area contributed by atoms with Gasteiger partial charge in [-0.3, -0.25) is 0 Å². The van der Waals surface area contributed by atoms with E-state index in [4.69, 9.17) is 10.5 Å². The van der Waals surface area contributed by atoms with Crippen LogP contribution in [0.4, 0.5) is 5.82 Å². The van der Waals surface area contributed by atoms with Crippen molar-refractivity contribution in [2.75, 3.05) is 12.3 Å². The maximum atomic E-state index is 10.3. The molecular weight excluding hydrogens is 338 g/mol. The van der Waals surface area contributed by atoms with Gasteiger partial charge in [0.1, 0.15) is 36.2 Å². The van der Waals surface area contributed by atoms with Gasteiger partial charge in [-0.1, -0.05) is 29.8 Å². The molecule has 9 nitrogen and oxygen atoms in total. The minimum Gasteiger partial charge on any atom is -0.394 e. The lowest BCUT2D eigenvalue weighted by molar-refractivity contribution is -0.0565. The lowest BCUT2D eigenvalue weighted by atomic mass is 10.1. The Morgan fingerprint density at radius 2 is 1.88 bits per heavy atom. The predicted octanol–water partition coefficient (Wildman–Crippen LogP) is -0.00458. The van der Waals surface area contributed by atoms with E-state index in [1.807, 2.05) is 31.2 Å². The standard InChI is InChI=1S/C17H19N5O4/c1-8-2-4-9(5-3-8)12-11-15(18)19-7-20-16(11)22(21-12)17-14(25)13(24)10(6-23)26-17/h2-5,7,10,13-14,17,23-25H,6H2,1H3,(H2,18,19,20)/t10-,13-,14-,17-/m1/s1. The zero-order valence-electron chi connectivity index (χ0n) is 14.0. The van der Waals surface area contributed by atoms with Crippen LogP contribution in [0.3, 0.4) is 0 Å². The van der Waals surface area contributed by atoms with Crippen LogP contribution in [0.1, 0.15) is 11.8 Å². The zero-order chi connectivity index (χ0) is 18.4. The molecule has 0 spiro atoms. The number of hydrogen-bond donors (Lipinski definition) is 4. The fourth-order valence-electron chi connectivity index (χ4n) is 3.17. The number of nitrogens with zero attached hydrogens (tertiary/aromatic N) is 4. The number of aliphatic hydroxyl groups excluding tert-OH is 3. The SMILES string of the molecule is Cc1ccc(-c2nn([C@@H]3O[C@H](CO)[C@@H](O)[C@H]3O)c3ncnc(N)c23)cc1. The van der Waals surface area contributed by atoms with Gasteiger partial charge in [0.15, 0.2) is 11.9 Å². The van der Waals surface area contributed by atoms with Crippen molar-refractivity contribution in [3.63, 3.8) is 0 Å². The van der Waals surface area contributed by atoms with Crippen molar-refractivity contribution in [3.05, 3.63) is 36.2 Å². The summed E-state index contributed by atoms with van der Waals surface area (Å²) in [5.41, 5.74) is 8.90. The number of nitrogens with two attached hydrogens (primary N) is 1. The molecule has 1 aliphatic heterocycles. The van der Waals surface area contributed by atoms with Crippen LogP contribution >= 0.6 is 0 Å². The zero-order valence-corrected chi connectivity index (χ0v) is 14.0. The lowest BCUT2D eigenvalue weighted by Gasteiger charge is -2.15. The monoisotopic (exact) mass is 357 g/mol. The largest absolute Gasteiger partial charge is 0.394 e. The summed E-state index contributed by atoms with van der Waals surface area (Å²) in [5, 5.41) is 34.8. The third-order valence-electron chi connectivity index (χ3n) is 4.60. The summed E-state index contributed by atoms with van der Waals surface area (Å²) in [6.07, 6.45) is -3.10. The highest BCUT2D eigenvalue weighted by atomic mass is 16.6. The first kappa shape index (κ1) is 16.9. The predicted molar refractivity (Wildman–Crippen MR) is 92.9 cm³/mol. The molecule has 0 unspecified atom stereocenters. The Kier molecular flexibility index (Phi) is 4.08. The van der Waals surface area contributed by atoms with Crippen molar-refractivity contribution in [2.45, 2.75) is 31.5 Å². The molecule has 136 valence electrons. The van der Waals surface area contributed by atoms with Gasteiger partial charge in [0.25, 0.3) is 0 Å². The Labute approximate surface area is 148 Å². The number of rotatable bonds is 3. The molecule has 3 heterocycles. The van der Waals surface area contributed by atoms with Crippen molar-refractivity contribution in [2.24, 2.45) is 0 Å². The summed E-state index contributed by atoms with van der Waals surface area (Å²) in [4.78, 5) is 8.27. The van der Waals surface area contributed by atoms with Crippen LogP contribution in [0.2, 0.25) is 0 Å². The summed E-state index contributed by atoms with van der Waals surface area (Å²) < 4.78 is 6.97. The minimum atomic E-state index is -1.27. The van der Waals surface area contributed by atoms with Gasteiger partial charge in [-0.2, -0.15) is 5.10 Å². The first-order valence-corrected chi connectivity index (χ1v) is 8.19. The Morgan fingerprint density at radius 3 is 2.54 bits per heavy atom. The first-order chi connectivity index (χ1) is 12.5. The van der Waals surface area contributed by atoms with Crippen LogP contribution in [0, 0.1) is 6.92 Å². The number of aliphatic hydroxyl groups is 3. The summed E-state index contributed by atoms with van der Waals surface area (Å²) in [5.74, 6) is 0.253. The van der Waals surface area contributed by atoms with Gasteiger partial charge in [0.05, 0.1) is 12.0 Å². The molecule has 0 aliphatic carbocycles. The fraction of sp³-hybridized carbons (Fsp3) is 0.353. The molecule has 26 heavy (non-hydrogen) atoms. The third kappa shape index (κ3) is 2.53. The number of fused-ring (bicyclic) bond motifs is 1. The number of benzene rings is 1. The summed E-state index contributed by atoms with van der Waals surface area (Å²) in [6, 6.07) is 7.72. The van der Waals surface area contributed by atoms with E-state index in [1.54, 1.807) is 0 Å². The average Bonchev–Trinajstić information content (AvgIpc) is 3.15. The number of ether oxygens (including phenoxy) is 1. The highest BCUT2D eigenvalue weighted by molar-refractivity contribution is 5.98. The molecule has 2 aromatic heterocycles. The van der Waals surface area contributed by atoms with E-state index in [1.165, 1.54) is 11.0 Å². The van der Waals surface area contributed by atoms with Crippen molar-refractivity contribution >= 4 is 16.9 Å². The lowest BCUT2D eigenvalue weighted by Crippen LogP contribution is -2.33. The molecule has 1 fully saturated rings. The Bertz CT molecular complexity index is 942. The van der Waals surface area contributed by atoms with Gasteiger partial charge in [-0.15, -0.1) is 0 Å². The number of aryl methyl sites for hydroxylation is 1. The molecule has 0 radical (unpaired) electrons. The molecule has 9 heteroatoms. The maximum absolute atomic E-state index is 10.3. The molecule has 4 atom stereocenters. The van der Waals surface area contributed by atoms with E-state index in [-0.39, 0.29) is 5.82 Å². The molecule has 0 amide bonds. The van der Waals surface area contributed by atoms with Gasteiger partial charge in [-0.25, -0.2) is 14.6 Å². The molecule has 1 saturated heterocycles. The van der Waals surface area contributed by atoms with Crippen molar-refractivity contribution < 1.29 is 20.1 Å². The highest BCUT2D eigenvalue weighted by Crippen LogP contribution is 2.36. The van der Waals surface area contributed by atoms with Gasteiger partial charge < -0.3 is 25.8 Å². The van der Waals surface area contributed by atoms with E-state index in [0.717, 1.165) is 11.1 Å². The molecule has 5 N–H and O–H groups in total. The van der Waals surface area contributed by atoms with E-state index in [2.05, 4.69) is 15.1 Å². The number of hydrogen-bond acceptors (Lipinski definition) is 8. The van der Waals surface area contributed by atoms with Gasteiger partial charge in [0, 0.05) is 5.56 Å². The Morgan fingerprint density at radius 1 is 1.15 bits per heavy atom. The Balaban J connectivity index is 1.89. The summed E-state index contributed by atoms with van der Waals surface area (Å²) in [6.45, 7) is 1.56. The van der Waals surface area contributed by atoms with Crippen LogP contribution < -0.4 is 5.73 Å². The summed E-state index contributed by atoms with van der Waals surface area (Å²) in [7, 11) is 0. The summed E-state index contributed by atoms with van der Waals surface area (Å²) >= 11 is 0. The average molecular weight is 357 g/mol. The molecule has 3 aromatic rings. The van der Waals surface area contributed by atoms with Gasteiger partial charge in [-0.05, 0) is 6.92 Å². The Hall–Kier alpha value is -2.59. The topological polar surface area (TPSA) is 140 Å². The van der Waals surface area contributed by atoms with Crippen molar-refractivity contribution in [3.8, 4) is 11.3 Å². The second-order valence-electron chi connectivity index (χ2n) is 6.35. The molecular formula is C17H19N5O4. The number of anilines is 1. The first-order valence-electron chi connectivity index (χ1n) is 8.19. The molecule has 4 rings (SSSR count). The quantitative estimate of drug-likeness (QED) is 0.513. The maximum Gasteiger partial charge on any atom is 0.181 e. The molecule has 1 aliphatic rings. The number of nitrogen functional groups attached to an aromatic ring is 1. The molecule has 0 bridgehead atoms. The minimum absolute atomic E-state index is 0.253. The van der Waals surface area contributed by atoms with Crippen molar-refractivity contribution in [1.29, 1.82) is 0 Å². The molecule has 0 saturated carbocycles. The van der Waals surface area contributed by atoms with Crippen LogP contribution in [0.5, 0.6) is 0 Å². The second-order valence-corrected chi connectivity index (χ2v) is 6.35. The second kappa shape index (κ2) is 6.29. The van der Waals surface area contributed by atoms with Crippen molar-refractivity contribution in [1.82, 2.24) is 19.7 Å². The van der Waals surface area contributed by atoms with Gasteiger partial charge in [0.2, 0.25) is 0 Å². The fourth-order valence-corrected chi connectivity index (χ4v) is 3.17. The normalized spacial score (nSPS) is 25.8. The van der Waals surface area contributed by atoms with E-state index >= 15 is 0 Å². The highest BCUT2D eigenvalue weighted by Gasteiger charge is 2.44. The smallest absolute Gasteiger partial charge is 0.181 e.